The molecule has 0 aliphatic heterocycles. The summed E-state index contributed by atoms with van der Waals surface area (Å²) in [7, 11) is 1.61. The van der Waals surface area contributed by atoms with Crippen molar-refractivity contribution in [2.75, 3.05) is 31.3 Å². The summed E-state index contributed by atoms with van der Waals surface area (Å²) in [4.78, 5) is 27.3. The molecule has 0 bridgehead atoms. The minimum atomic E-state index is -0.172. The highest BCUT2D eigenvalue weighted by Crippen LogP contribution is 2.28. The number of likely N-dealkylation sites (N-methyl/N-ethyl adjacent to an activating group) is 1. The Morgan fingerprint density at radius 3 is 2.84 bits per heavy atom. The second-order valence-electron chi connectivity index (χ2n) is 6.28. The van der Waals surface area contributed by atoms with Crippen LogP contribution in [0.4, 0.5) is 10.8 Å². The molecule has 8 nitrogen and oxygen atoms in total. The lowest BCUT2D eigenvalue weighted by molar-refractivity contribution is -0.133. The number of thioether (sulfide) groups is 1. The molecule has 0 saturated carbocycles. The van der Waals surface area contributed by atoms with E-state index in [0.29, 0.717) is 22.6 Å². The van der Waals surface area contributed by atoms with Gasteiger partial charge in [0.15, 0.2) is 4.34 Å². The Kier molecular flexibility index (Phi) is 8.68. The standard InChI is InChI=1S/C20H23N5O3S3/c1-3-25(12-17(26)21-11-16-8-5-9-29-16)18(27)13-30-20-24-23-19(31-20)22-14-6-4-7-15(10-14)28-2/h4-10H,3,11-13H2,1-2H3,(H,21,26)(H,22,23). The van der Waals surface area contributed by atoms with Gasteiger partial charge >= 0.3 is 0 Å². The van der Waals surface area contributed by atoms with Crippen molar-refractivity contribution in [2.24, 2.45) is 0 Å². The van der Waals surface area contributed by atoms with Crippen LogP contribution in [0.1, 0.15) is 11.8 Å². The zero-order valence-electron chi connectivity index (χ0n) is 17.2. The number of hydrogen-bond acceptors (Lipinski definition) is 9. The maximum atomic E-state index is 12.5. The number of anilines is 2. The largest absolute Gasteiger partial charge is 0.497 e. The van der Waals surface area contributed by atoms with Crippen LogP contribution in [-0.2, 0) is 16.1 Å². The molecule has 164 valence electrons. The molecule has 0 radical (unpaired) electrons. The molecule has 1 aromatic carbocycles. The van der Waals surface area contributed by atoms with Crippen LogP contribution in [0.15, 0.2) is 46.1 Å². The van der Waals surface area contributed by atoms with E-state index in [1.165, 1.54) is 28.0 Å². The van der Waals surface area contributed by atoms with Crippen LogP contribution in [0.25, 0.3) is 0 Å². The first-order valence-electron chi connectivity index (χ1n) is 9.51. The van der Waals surface area contributed by atoms with Gasteiger partial charge in [-0.3, -0.25) is 9.59 Å². The van der Waals surface area contributed by atoms with Crippen LogP contribution in [0.3, 0.4) is 0 Å². The zero-order valence-corrected chi connectivity index (χ0v) is 19.6. The van der Waals surface area contributed by atoms with Crippen molar-refractivity contribution in [2.45, 2.75) is 17.8 Å². The predicted molar refractivity (Wildman–Crippen MR) is 125 cm³/mol. The number of rotatable bonds is 11. The highest BCUT2D eigenvalue weighted by Gasteiger charge is 2.17. The Morgan fingerprint density at radius 2 is 2.10 bits per heavy atom. The van der Waals surface area contributed by atoms with E-state index in [4.69, 9.17) is 4.74 Å². The fourth-order valence-corrected chi connectivity index (χ4v) is 4.88. The molecule has 2 amide bonds. The van der Waals surface area contributed by atoms with E-state index >= 15 is 0 Å². The second kappa shape index (κ2) is 11.7. The maximum Gasteiger partial charge on any atom is 0.239 e. The van der Waals surface area contributed by atoms with E-state index in [0.717, 1.165) is 16.3 Å². The first-order chi connectivity index (χ1) is 15.1. The summed E-state index contributed by atoms with van der Waals surface area (Å²) in [6, 6.07) is 11.4. The van der Waals surface area contributed by atoms with Crippen LogP contribution < -0.4 is 15.4 Å². The van der Waals surface area contributed by atoms with Crippen LogP contribution in [0.5, 0.6) is 5.75 Å². The lowest BCUT2D eigenvalue weighted by Gasteiger charge is -2.19. The number of thiophene rings is 1. The van der Waals surface area contributed by atoms with Crippen molar-refractivity contribution >= 4 is 57.1 Å². The number of hydrogen-bond donors (Lipinski definition) is 2. The van der Waals surface area contributed by atoms with Crippen LogP contribution in [-0.4, -0.2) is 52.9 Å². The normalized spacial score (nSPS) is 10.5. The number of benzene rings is 1. The molecule has 2 aromatic heterocycles. The third-order valence-electron chi connectivity index (χ3n) is 4.16. The molecule has 3 aromatic rings. The third-order valence-corrected chi connectivity index (χ3v) is 6.99. The molecule has 0 saturated heterocycles. The van der Waals surface area contributed by atoms with E-state index < -0.39 is 0 Å². The van der Waals surface area contributed by atoms with Crippen LogP contribution in [0, 0.1) is 0 Å². The quantitative estimate of drug-likeness (QED) is 0.407. The SMILES string of the molecule is CCN(CC(=O)NCc1cccs1)C(=O)CSc1nnc(Nc2cccc(OC)c2)s1. The minimum Gasteiger partial charge on any atom is -0.497 e. The second-order valence-corrected chi connectivity index (χ2v) is 9.51. The molecule has 0 atom stereocenters. The van der Waals surface area contributed by atoms with E-state index in [-0.39, 0.29) is 24.1 Å². The molecular weight excluding hydrogens is 454 g/mol. The number of aromatic nitrogens is 2. The van der Waals surface area contributed by atoms with E-state index in [1.54, 1.807) is 18.4 Å². The van der Waals surface area contributed by atoms with Gasteiger partial charge < -0.3 is 20.3 Å². The average Bonchev–Trinajstić information content (AvgIpc) is 3.46. The van der Waals surface area contributed by atoms with Crippen molar-refractivity contribution < 1.29 is 14.3 Å². The molecule has 0 fully saturated rings. The van der Waals surface area contributed by atoms with Gasteiger partial charge in [0.25, 0.3) is 0 Å². The van der Waals surface area contributed by atoms with Gasteiger partial charge in [-0.25, -0.2) is 0 Å². The highest BCUT2D eigenvalue weighted by molar-refractivity contribution is 8.01. The zero-order chi connectivity index (χ0) is 22.1. The fourth-order valence-electron chi connectivity index (χ4n) is 2.56. The lowest BCUT2D eigenvalue weighted by atomic mass is 10.3. The van der Waals surface area contributed by atoms with Gasteiger partial charge in [0.1, 0.15) is 5.75 Å². The molecule has 0 spiro atoms. The van der Waals surface area contributed by atoms with Crippen LogP contribution >= 0.6 is 34.4 Å². The Labute approximate surface area is 193 Å². The molecule has 0 aliphatic rings. The summed E-state index contributed by atoms with van der Waals surface area (Å²) >= 11 is 4.26. The molecule has 0 unspecified atom stereocenters. The predicted octanol–water partition coefficient (Wildman–Crippen LogP) is 3.61. The van der Waals surface area contributed by atoms with Gasteiger partial charge in [-0.2, -0.15) is 0 Å². The van der Waals surface area contributed by atoms with Crippen molar-refractivity contribution in [3.05, 3.63) is 46.7 Å². The Balaban J connectivity index is 1.45. The van der Waals surface area contributed by atoms with Crippen molar-refractivity contribution in [3.63, 3.8) is 0 Å². The molecule has 2 N–H and O–H groups in total. The Morgan fingerprint density at radius 1 is 1.23 bits per heavy atom. The Hall–Kier alpha value is -2.63. The minimum absolute atomic E-state index is 0.0417. The van der Waals surface area contributed by atoms with Gasteiger partial charge in [-0.15, -0.1) is 21.5 Å². The van der Waals surface area contributed by atoms with Crippen LogP contribution in [0.2, 0.25) is 0 Å². The third kappa shape index (κ3) is 7.23. The summed E-state index contributed by atoms with van der Waals surface area (Å²) in [6.45, 7) is 2.84. The van der Waals surface area contributed by atoms with Crippen molar-refractivity contribution in [3.8, 4) is 5.75 Å². The first kappa shape index (κ1) is 23.0. The summed E-state index contributed by atoms with van der Waals surface area (Å²) < 4.78 is 5.89. The molecule has 11 heteroatoms. The number of nitrogens with one attached hydrogen (secondary N) is 2. The number of amides is 2. The summed E-state index contributed by atoms with van der Waals surface area (Å²) in [5, 5.41) is 16.8. The lowest BCUT2D eigenvalue weighted by Crippen LogP contribution is -2.41. The summed E-state index contributed by atoms with van der Waals surface area (Å²) in [5.74, 6) is 0.652. The highest BCUT2D eigenvalue weighted by atomic mass is 32.2. The topological polar surface area (TPSA) is 96.5 Å². The van der Waals surface area contributed by atoms with E-state index in [2.05, 4.69) is 20.8 Å². The van der Waals surface area contributed by atoms with Crippen molar-refractivity contribution in [1.82, 2.24) is 20.4 Å². The fraction of sp³-hybridized carbons (Fsp3) is 0.300. The molecule has 2 heterocycles. The number of carbonyl (C=O) groups excluding carboxylic acids is 2. The number of nitrogens with zero attached hydrogens (tertiary/aromatic N) is 3. The monoisotopic (exact) mass is 477 g/mol. The van der Waals surface area contributed by atoms with Gasteiger partial charge in [0, 0.05) is 23.2 Å². The van der Waals surface area contributed by atoms with Gasteiger partial charge in [-0.1, -0.05) is 35.2 Å². The summed E-state index contributed by atoms with van der Waals surface area (Å²) in [6.07, 6.45) is 0. The average molecular weight is 478 g/mol. The van der Waals surface area contributed by atoms with Gasteiger partial charge in [-0.05, 0) is 30.5 Å². The molecule has 0 aliphatic carbocycles. The maximum absolute atomic E-state index is 12.5. The molecular formula is C20H23N5O3S3. The Bertz CT molecular complexity index is 994. The van der Waals surface area contributed by atoms with E-state index in [9.17, 15) is 9.59 Å². The number of methoxy groups -OCH3 is 1. The number of carbonyl (C=O) groups is 2. The van der Waals surface area contributed by atoms with Gasteiger partial charge in [0.2, 0.25) is 16.9 Å². The molecule has 31 heavy (non-hydrogen) atoms. The number of ether oxygens (including phenoxy) is 1. The summed E-state index contributed by atoms with van der Waals surface area (Å²) in [5.41, 5.74) is 0.842. The van der Waals surface area contributed by atoms with Gasteiger partial charge in [0.05, 0.1) is 26.0 Å². The smallest absolute Gasteiger partial charge is 0.239 e. The van der Waals surface area contributed by atoms with E-state index in [1.807, 2.05) is 48.7 Å². The molecule has 3 rings (SSSR count). The first-order valence-corrected chi connectivity index (χ1v) is 12.2. The van der Waals surface area contributed by atoms with Crippen molar-refractivity contribution in [1.29, 1.82) is 0 Å².